The van der Waals surface area contributed by atoms with Gasteiger partial charge in [-0.3, -0.25) is 9.48 Å². The third-order valence-electron chi connectivity index (χ3n) is 3.82. The second kappa shape index (κ2) is 5.12. The van der Waals surface area contributed by atoms with Gasteiger partial charge in [0, 0.05) is 19.3 Å². The van der Waals surface area contributed by atoms with Gasteiger partial charge in [-0.15, -0.1) is 0 Å². The number of methoxy groups -OCH3 is 1. The number of aryl methyl sites for hydroxylation is 2. The number of carbonyl (C=O) groups is 1. The summed E-state index contributed by atoms with van der Waals surface area (Å²) in [6.07, 6.45) is 3.37. The van der Waals surface area contributed by atoms with Crippen LogP contribution in [0.15, 0.2) is 24.4 Å². The fourth-order valence-corrected chi connectivity index (χ4v) is 2.76. The van der Waals surface area contributed by atoms with Gasteiger partial charge in [0.15, 0.2) is 0 Å². The molecule has 0 spiro atoms. The third-order valence-corrected chi connectivity index (χ3v) is 3.82. The number of hydrogen-bond donors (Lipinski definition) is 1. The van der Waals surface area contributed by atoms with Gasteiger partial charge in [-0.25, -0.2) is 0 Å². The Bertz CT molecular complexity index is 673. The summed E-state index contributed by atoms with van der Waals surface area (Å²) in [6, 6.07) is 5.79. The summed E-state index contributed by atoms with van der Waals surface area (Å²) in [5, 5.41) is 4.04. The molecule has 0 bridgehead atoms. The van der Waals surface area contributed by atoms with Gasteiger partial charge in [0.05, 0.1) is 19.0 Å². The van der Waals surface area contributed by atoms with Crippen molar-refractivity contribution in [2.24, 2.45) is 7.05 Å². The van der Waals surface area contributed by atoms with Crippen LogP contribution in [-0.2, 0) is 13.5 Å². The second-order valence-corrected chi connectivity index (χ2v) is 5.13. The van der Waals surface area contributed by atoms with Gasteiger partial charge in [-0.05, 0) is 36.6 Å². The highest BCUT2D eigenvalue weighted by atomic mass is 16.5. The number of anilines is 2. The van der Waals surface area contributed by atoms with Crippen molar-refractivity contribution in [3.63, 3.8) is 0 Å². The van der Waals surface area contributed by atoms with Gasteiger partial charge in [0.1, 0.15) is 11.4 Å². The molecule has 2 N–H and O–H groups in total. The number of carbonyl (C=O) groups excluding carboxylic acids is 1. The van der Waals surface area contributed by atoms with Crippen molar-refractivity contribution < 1.29 is 9.53 Å². The lowest BCUT2D eigenvalue weighted by Crippen LogP contribution is -2.37. The average molecular weight is 286 g/mol. The molecular formula is C15H18N4O2. The van der Waals surface area contributed by atoms with E-state index in [1.165, 1.54) is 10.9 Å². The van der Waals surface area contributed by atoms with Crippen LogP contribution < -0.4 is 15.4 Å². The van der Waals surface area contributed by atoms with Crippen LogP contribution in [0.1, 0.15) is 22.5 Å². The van der Waals surface area contributed by atoms with E-state index in [0.29, 0.717) is 17.9 Å². The second-order valence-electron chi connectivity index (χ2n) is 5.13. The monoisotopic (exact) mass is 286 g/mol. The molecule has 3 rings (SSSR count). The molecule has 0 unspecified atom stereocenters. The first kappa shape index (κ1) is 13.5. The Labute approximate surface area is 123 Å². The number of nitrogen functional groups attached to an aromatic ring is 1. The molecule has 2 aromatic rings. The molecule has 0 radical (unpaired) electrons. The lowest BCUT2D eigenvalue weighted by atomic mass is 10.0. The van der Waals surface area contributed by atoms with Crippen LogP contribution in [0.5, 0.6) is 5.75 Å². The predicted molar refractivity (Wildman–Crippen MR) is 80.6 cm³/mol. The zero-order chi connectivity index (χ0) is 15.0. The Morgan fingerprint density at radius 3 is 2.90 bits per heavy atom. The number of nitrogens with two attached hydrogens (primary N) is 1. The molecule has 2 heterocycles. The number of benzene rings is 1. The molecule has 0 aliphatic carbocycles. The Balaban J connectivity index is 2.00. The van der Waals surface area contributed by atoms with Crippen LogP contribution in [-0.4, -0.2) is 29.3 Å². The van der Waals surface area contributed by atoms with E-state index in [0.717, 1.165) is 29.8 Å². The largest absolute Gasteiger partial charge is 0.497 e. The molecule has 1 aliphatic rings. The van der Waals surface area contributed by atoms with E-state index in [4.69, 9.17) is 10.5 Å². The molecule has 0 fully saturated rings. The highest BCUT2D eigenvalue weighted by Crippen LogP contribution is 2.32. The number of rotatable bonds is 2. The molecule has 1 aromatic carbocycles. The maximum absolute atomic E-state index is 12.8. The van der Waals surface area contributed by atoms with Crippen molar-refractivity contribution >= 4 is 17.3 Å². The van der Waals surface area contributed by atoms with Gasteiger partial charge in [0.25, 0.3) is 5.91 Å². The molecule has 0 saturated carbocycles. The predicted octanol–water partition coefficient (Wildman–Crippen LogP) is 1.60. The maximum atomic E-state index is 12.8. The minimum Gasteiger partial charge on any atom is -0.497 e. The van der Waals surface area contributed by atoms with E-state index in [9.17, 15) is 4.79 Å². The smallest absolute Gasteiger partial charge is 0.278 e. The van der Waals surface area contributed by atoms with Crippen LogP contribution in [0.4, 0.5) is 11.4 Å². The van der Waals surface area contributed by atoms with Gasteiger partial charge < -0.3 is 15.4 Å². The standard InChI is InChI=1S/C15H18N4O2/c1-18-14(12(16)9-17-18)15(20)19-7-3-4-10-8-11(21-2)5-6-13(10)19/h5-6,8-9H,3-4,7,16H2,1-2H3. The third kappa shape index (κ3) is 2.22. The van der Waals surface area contributed by atoms with Gasteiger partial charge in [-0.2, -0.15) is 5.10 Å². The summed E-state index contributed by atoms with van der Waals surface area (Å²) >= 11 is 0. The minimum absolute atomic E-state index is 0.112. The highest BCUT2D eigenvalue weighted by Gasteiger charge is 2.27. The van der Waals surface area contributed by atoms with E-state index in [1.807, 2.05) is 18.2 Å². The van der Waals surface area contributed by atoms with Crippen molar-refractivity contribution in [2.45, 2.75) is 12.8 Å². The number of fused-ring (bicyclic) bond motifs is 1. The Kier molecular flexibility index (Phi) is 3.29. The topological polar surface area (TPSA) is 73.4 Å². The summed E-state index contributed by atoms with van der Waals surface area (Å²) in [4.78, 5) is 14.5. The van der Waals surface area contributed by atoms with Crippen molar-refractivity contribution in [1.29, 1.82) is 0 Å². The zero-order valence-electron chi connectivity index (χ0n) is 12.2. The molecule has 1 aromatic heterocycles. The van der Waals surface area contributed by atoms with Gasteiger partial charge >= 0.3 is 0 Å². The minimum atomic E-state index is -0.112. The summed E-state index contributed by atoms with van der Waals surface area (Å²) in [6.45, 7) is 0.683. The first-order valence-electron chi connectivity index (χ1n) is 6.88. The normalized spacial score (nSPS) is 13.9. The molecule has 21 heavy (non-hydrogen) atoms. The van der Waals surface area contributed by atoms with Crippen molar-refractivity contribution in [1.82, 2.24) is 9.78 Å². The summed E-state index contributed by atoms with van der Waals surface area (Å²) in [5.74, 6) is 0.696. The van der Waals surface area contributed by atoms with Crippen LogP contribution in [0.25, 0.3) is 0 Å². The van der Waals surface area contributed by atoms with Crippen molar-refractivity contribution in [2.75, 3.05) is 24.3 Å². The number of ether oxygens (including phenoxy) is 1. The number of amides is 1. The lowest BCUT2D eigenvalue weighted by Gasteiger charge is -2.29. The van der Waals surface area contributed by atoms with Crippen LogP contribution in [0, 0.1) is 0 Å². The Morgan fingerprint density at radius 2 is 2.24 bits per heavy atom. The van der Waals surface area contributed by atoms with Crippen molar-refractivity contribution in [3.8, 4) is 5.75 Å². The summed E-state index contributed by atoms with van der Waals surface area (Å²) < 4.78 is 6.77. The Hall–Kier alpha value is -2.50. The van der Waals surface area contributed by atoms with E-state index in [2.05, 4.69) is 5.10 Å². The molecule has 1 aliphatic heterocycles. The summed E-state index contributed by atoms with van der Waals surface area (Å²) in [5.41, 5.74) is 8.74. The zero-order valence-corrected chi connectivity index (χ0v) is 12.2. The molecule has 110 valence electrons. The van der Waals surface area contributed by atoms with E-state index in [1.54, 1.807) is 19.1 Å². The molecular weight excluding hydrogens is 268 g/mol. The van der Waals surface area contributed by atoms with E-state index in [-0.39, 0.29) is 5.91 Å². The van der Waals surface area contributed by atoms with Gasteiger partial charge in [0.2, 0.25) is 0 Å². The molecule has 1 amide bonds. The van der Waals surface area contributed by atoms with E-state index < -0.39 is 0 Å². The number of aromatic nitrogens is 2. The fraction of sp³-hybridized carbons (Fsp3) is 0.333. The van der Waals surface area contributed by atoms with E-state index >= 15 is 0 Å². The Morgan fingerprint density at radius 1 is 1.43 bits per heavy atom. The number of nitrogens with zero attached hydrogens (tertiary/aromatic N) is 3. The molecule has 6 nitrogen and oxygen atoms in total. The molecule has 0 saturated heterocycles. The SMILES string of the molecule is COc1ccc2c(c1)CCCN2C(=O)c1c(N)cnn1C. The van der Waals surface area contributed by atoms with Gasteiger partial charge in [-0.1, -0.05) is 0 Å². The fourth-order valence-electron chi connectivity index (χ4n) is 2.76. The first-order valence-corrected chi connectivity index (χ1v) is 6.88. The quantitative estimate of drug-likeness (QED) is 0.910. The maximum Gasteiger partial charge on any atom is 0.278 e. The molecule has 0 atom stereocenters. The average Bonchev–Trinajstić information content (AvgIpc) is 2.84. The van der Waals surface area contributed by atoms with Crippen molar-refractivity contribution in [3.05, 3.63) is 35.7 Å². The summed E-state index contributed by atoms with van der Waals surface area (Å²) in [7, 11) is 3.37. The van der Waals surface area contributed by atoms with Crippen LogP contribution in [0.2, 0.25) is 0 Å². The lowest BCUT2D eigenvalue weighted by molar-refractivity contribution is 0.0977. The van der Waals surface area contributed by atoms with Crippen LogP contribution in [0.3, 0.4) is 0 Å². The van der Waals surface area contributed by atoms with Crippen LogP contribution >= 0.6 is 0 Å². The first-order chi connectivity index (χ1) is 10.1. The number of hydrogen-bond acceptors (Lipinski definition) is 4. The molecule has 6 heteroatoms. The highest BCUT2D eigenvalue weighted by molar-refractivity contribution is 6.08.